The molecule has 0 aromatic rings. The van der Waals surface area contributed by atoms with Crippen LogP contribution in [0.15, 0.2) is 0 Å². The first kappa shape index (κ1) is 8.97. The summed E-state index contributed by atoms with van der Waals surface area (Å²) in [7, 11) is 6.27. The van der Waals surface area contributed by atoms with Crippen LogP contribution in [0.1, 0.15) is 12.8 Å². The molecular formula is C8H19N3. The summed E-state index contributed by atoms with van der Waals surface area (Å²) >= 11 is 0. The number of hydrazine groups is 1. The highest BCUT2D eigenvalue weighted by Gasteiger charge is 2.18. The second-order valence-electron chi connectivity index (χ2n) is 3.36. The number of rotatable bonds is 2. The smallest absolute Gasteiger partial charge is 0.0147 e. The zero-order chi connectivity index (χ0) is 8.27. The van der Waals surface area contributed by atoms with E-state index in [2.05, 4.69) is 36.5 Å². The van der Waals surface area contributed by atoms with E-state index in [9.17, 15) is 0 Å². The highest BCUT2D eigenvalue weighted by Crippen LogP contribution is 2.09. The van der Waals surface area contributed by atoms with Gasteiger partial charge in [0.05, 0.1) is 0 Å². The molecule has 1 saturated heterocycles. The molecule has 0 radical (unpaired) electrons. The van der Waals surface area contributed by atoms with Gasteiger partial charge >= 0.3 is 0 Å². The van der Waals surface area contributed by atoms with Crippen molar-refractivity contribution in [3.8, 4) is 0 Å². The molecule has 1 aliphatic heterocycles. The van der Waals surface area contributed by atoms with E-state index in [1.807, 2.05) is 0 Å². The van der Waals surface area contributed by atoms with Crippen LogP contribution >= 0.6 is 0 Å². The van der Waals surface area contributed by atoms with Crippen molar-refractivity contribution in [1.29, 1.82) is 0 Å². The molecule has 1 aliphatic rings. The van der Waals surface area contributed by atoms with Gasteiger partial charge in [0.2, 0.25) is 0 Å². The summed E-state index contributed by atoms with van der Waals surface area (Å²) in [5.74, 6) is 0. The van der Waals surface area contributed by atoms with Crippen LogP contribution in [0.5, 0.6) is 0 Å². The first-order chi connectivity index (χ1) is 5.24. The summed E-state index contributed by atoms with van der Waals surface area (Å²) in [6.07, 6.45) is 2.54. The Bertz CT molecular complexity index is 106. The Balaban J connectivity index is 2.24. The van der Waals surface area contributed by atoms with Gasteiger partial charge in [-0.1, -0.05) is 0 Å². The molecule has 66 valence electrons. The van der Waals surface area contributed by atoms with Crippen molar-refractivity contribution < 1.29 is 0 Å². The van der Waals surface area contributed by atoms with E-state index >= 15 is 0 Å². The van der Waals surface area contributed by atoms with E-state index in [1.54, 1.807) is 0 Å². The van der Waals surface area contributed by atoms with Gasteiger partial charge in [-0.05, 0) is 19.9 Å². The normalized spacial score (nSPS) is 22.9. The molecule has 0 aliphatic carbocycles. The molecule has 0 aromatic carbocycles. The third-order valence-electron chi connectivity index (χ3n) is 2.45. The first-order valence-corrected chi connectivity index (χ1v) is 4.33. The van der Waals surface area contributed by atoms with Gasteiger partial charge in [-0.25, -0.2) is 10.0 Å². The molecule has 0 saturated carbocycles. The minimum Gasteiger partial charge on any atom is -0.317 e. The molecular weight excluding hydrogens is 138 g/mol. The van der Waals surface area contributed by atoms with Crippen LogP contribution in [-0.4, -0.2) is 50.3 Å². The maximum absolute atomic E-state index is 3.32. The number of piperidine rings is 1. The summed E-state index contributed by atoms with van der Waals surface area (Å²) in [4.78, 5) is 0. The molecule has 1 rings (SSSR count). The molecule has 3 nitrogen and oxygen atoms in total. The number of hydrogen-bond donors (Lipinski definition) is 1. The zero-order valence-corrected chi connectivity index (χ0v) is 7.80. The molecule has 1 heterocycles. The van der Waals surface area contributed by atoms with Crippen molar-refractivity contribution in [1.82, 2.24) is 15.3 Å². The molecule has 0 atom stereocenters. The Kier molecular flexibility index (Phi) is 3.30. The first-order valence-electron chi connectivity index (χ1n) is 4.33. The van der Waals surface area contributed by atoms with Crippen LogP contribution in [0.2, 0.25) is 0 Å². The second kappa shape index (κ2) is 4.04. The highest BCUT2D eigenvalue weighted by molar-refractivity contribution is 4.73. The monoisotopic (exact) mass is 157 g/mol. The van der Waals surface area contributed by atoms with Crippen molar-refractivity contribution >= 4 is 0 Å². The Labute approximate surface area is 69.3 Å². The van der Waals surface area contributed by atoms with Crippen molar-refractivity contribution in [2.24, 2.45) is 0 Å². The van der Waals surface area contributed by atoms with Crippen molar-refractivity contribution in [3.63, 3.8) is 0 Å². The summed E-state index contributed by atoms with van der Waals surface area (Å²) < 4.78 is 0. The van der Waals surface area contributed by atoms with Crippen molar-refractivity contribution in [2.75, 3.05) is 34.2 Å². The van der Waals surface area contributed by atoms with Crippen LogP contribution in [0.4, 0.5) is 0 Å². The van der Waals surface area contributed by atoms with Crippen molar-refractivity contribution in [2.45, 2.75) is 18.9 Å². The molecule has 0 aromatic heterocycles. The van der Waals surface area contributed by atoms with Crippen LogP contribution in [-0.2, 0) is 0 Å². The van der Waals surface area contributed by atoms with E-state index < -0.39 is 0 Å². The Hall–Kier alpha value is -0.120. The maximum atomic E-state index is 3.32. The third-order valence-corrected chi connectivity index (χ3v) is 2.45. The Morgan fingerprint density at radius 3 is 2.18 bits per heavy atom. The van der Waals surface area contributed by atoms with E-state index in [0.29, 0.717) is 0 Å². The minimum atomic E-state index is 0.742. The lowest BCUT2D eigenvalue weighted by Crippen LogP contribution is -2.46. The SMILES string of the molecule is CNC1CCN(N(C)C)CC1. The molecule has 3 heteroatoms. The van der Waals surface area contributed by atoms with Crippen LogP contribution < -0.4 is 5.32 Å². The number of nitrogens with zero attached hydrogens (tertiary/aromatic N) is 2. The Morgan fingerprint density at radius 1 is 1.27 bits per heavy atom. The third kappa shape index (κ3) is 2.43. The van der Waals surface area contributed by atoms with E-state index in [1.165, 1.54) is 25.9 Å². The fourth-order valence-corrected chi connectivity index (χ4v) is 1.55. The van der Waals surface area contributed by atoms with Gasteiger partial charge in [0.1, 0.15) is 0 Å². The van der Waals surface area contributed by atoms with Crippen LogP contribution in [0.25, 0.3) is 0 Å². The molecule has 0 unspecified atom stereocenters. The summed E-state index contributed by atoms with van der Waals surface area (Å²) in [5.41, 5.74) is 0. The van der Waals surface area contributed by atoms with Crippen LogP contribution in [0, 0.1) is 0 Å². The second-order valence-corrected chi connectivity index (χ2v) is 3.36. The van der Waals surface area contributed by atoms with Gasteiger partial charge < -0.3 is 5.32 Å². The lowest BCUT2D eigenvalue weighted by molar-refractivity contribution is 0.000293. The van der Waals surface area contributed by atoms with Gasteiger partial charge in [-0.3, -0.25) is 0 Å². The zero-order valence-electron chi connectivity index (χ0n) is 7.80. The highest BCUT2D eigenvalue weighted by atomic mass is 15.6. The average molecular weight is 157 g/mol. The fourth-order valence-electron chi connectivity index (χ4n) is 1.55. The molecule has 1 fully saturated rings. The summed E-state index contributed by atoms with van der Waals surface area (Å²) in [6.45, 7) is 2.39. The minimum absolute atomic E-state index is 0.742. The predicted molar refractivity (Wildman–Crippen MR) is 47.3 cm³/mol. The summed E-state index contributed by atoms with van der Waals surface area (Å²) in [6, 6.07) is 0.742. The predicted octanol–water partition coefficient (Wildman–Crippen LogP) is 0.147. The van der Waals surface area contributed by atoms with Gasteiger partial charge in [-0.15, -0.1) is 0 Å². The topological polar surface area (TPSA) is 18.5 Å². The standard InChI is InChI=1S/C8H19N3/c1-9-8-4-6-11(7-5-8)10(2)3/h8-9H,4-7H2,1-3H3. The van der Waals surface area contributed by atoms with Gasteiger partial charge in [0.25, 0.3) is 0 Å². The van der Waals surface area contributed by atoms with E-state index in [-0.39, 0.29) is 0 Å². The molecule has 1 N–H and O–H groups in total. The number of hydrogen-bond acceptors (Lipinski definition) is 3. The van der Waals surface area contributed by atoms with E-state index in [4.69, 9.17) is 0 Å². The number of nitrogens with one attached hydrogen (secondary N) is 1. The quantitative estimate of drug-likeness (QED) is 0.615. The Morgan fingerprint density at radius 2 is 1.82 bits per heavy atom. The fraction of sp³-hybridized carbons (Fsp3) is 1.00. The molecule has 0 spiro atoms. The maximum Gasteiger partial charge on any atom is 0.0147 e. The van der Waals surface area contributed by atoms with Crippen LogP contribution in [0.3, 0.4) is 0 Å². The molecule has 0 bridgehead atoms. The van der Waals surface area contributed by atoms with Gasteiger partial charge in [-0.2, -0.15) is 0 Å². The largest absolute Gasteiger partial charge is 0.317 e. The molecule has 11 heavy (non-hydrogen) atoms. The lowest BCUT2D eigenvalue weighted by Gasteiger charge is -2.35. The van der Waals surface area contributed by atoms with Gasteiger partial charge in [0.15, 0.2) is 0 Å². The van der Waals surface area contributed by atoms with E-state index in [0.717, 1.165) is 6.04 Å². The van der Waals surface area contributed by atoms with Gasteiger partial charge in [0, 0.05) is 33.2 Å². The molecule has 0 amide bonds. The summed E-state index contributed by atoms with van der Waals surface area (Å²) in [5, 5.41) is 7.89. The average Bonchev–Trinajstić information content (AvgIpc) is 2.05. The van der Waals surface area contributed by atoms with Crippen molar-refractivity contribution in [3.05, 3.63) is 0 Å². The lowest BCUT2D eigenvalue weighted by atomic mass is 10.1.